The highest BCUT2D eigenvalue weighted by Gasteiger charge is 2.30. The number of carboxylic acids is 1. The highest BCUT2D eigenvalue weighted by Crippen LogP contribution is 2.30. The topological polar surface area (TPSA) is 42.2 Å². The van der Waals surface area contributed by atoms with Crippen LogP contribution in [0.4, 0.5) is 13.2 Å². The van der Waals surface area contributed by atoms with Crippen molar-refractivity contribution < 1.29 is 23.1 Å². The first-order valence-electron chi connectivity index (χ1n) is 5.81. The fourth-order valence-electron chi connectivity index (χ4n) is 2.18. The molecule has 0 saturated heterocycles. The van der Waals surface area contributed by atoms with E-state index in [-0.39, 0.29) is 5.56 Å². The first-order chi connectivity index (χ1) is 9.21. The molecule has 1 N–H and O–H groups in total. The van der Waals surface area contributed by atoms with Crippen molar-refractivity contribution in [2.75, 3.05) is 0 Å². The highest BCUT2D eigenvalue weighted by molar-refractivity contribution is 5.89. The Morgan fingerprint density at radius 2 is 1.70 bits per heavy atom. The third kappa shape index (κ3) is 2.41. The smallest absolute Gasteiger partial charge is 0.416 e. The molecule has 0 bridgehead atoms. The number of alkyl halides is 3. The van der Waals surface area contributed by atoms with Crippen LogP contribution in [0.1, 0.15) is 27.3 Å². The van der Waals surface area contributed by atoms with Crippen molar-refractivity contribution in [1.29, 1.82) is 0 Å². The standard InChI is InChI=1S/C14H12F3NO2/c1-8-7-12(13(19)20)9(2)18(8)11-5-3-10(4-6-11)14(15,16)17/h3-7H,1-2H3,(H,19,20). The summed E-state index contributed by atoms with van der Waals surface area (Å²) in [6.07, 6.45) is -4.38. The molecule has 0 aliphatic carbocycles. The van der Waals surface area contributed by atoms with Gasteiger partial charge in [-0.2, -0.15) is 13.2 Å². The van der Waals surface area contributed by atoms with E-state index in [0.29, 0.717) is 17.1 Å². The molecule has 0 unspecified atom stereocenters. The summed E-state index contributed by atoms with van der Waals surface area (Å²) in [5.74, 6) is -1.06. The predicted molar refractivity (Wildman–Crippen MR) is 67.2 cm³/mol. The van der Waals surface area contributed by atoms with E-state index < -0.39 is 17.7 Å². The number of hydrogen-bond donors (Lipinski definition) is 1. The van der Waals surface area contributed by atoms with Gasteiger partial charge >= 0.3 is 12.1 Å². The SMILES string of the molecule is Cc1cc(C(=O)O)c(C)n1-c1ccc(C(F)(F)F)cc1. The van der Waals surface area contributed by atoms with Gasteiger partial charge in [-0.05, 0) is 44.2 Å². The summed E-state index contributed by atoms with van der Waals surface area (Å²) in [5, 5.41) is 9.04. The van der Waals surface area contributed by atoms with Gasteiger partial charge in [0.2, 0.25) is 0 Å². The molecule has 106 valence electrons. The monoisotopic (exact) mass is 283 g/mol. The van der Waals surface area contributed by atoms with Crippen molar-refractivity contribution in [1.82, 2.24) is 4.57 Å². The minimum Gasteiger partial charge on any atom is -0.478 e. The summed E-state index contributed by atoms with van der Waals surface area (Å²) in [7, 11) is 0. The van der Waals surface area contributed by atoms with Gasteiger partial charge in [0.1, 0.15) is 0 Å². The van der Waals surface area contributed by atoms with Crippen LogP contribution in [-0.4, -0.2) is 15.6 Å². The van der Waals surface area contributed by atoms with Crippen LogP contribution in [-0.2, 0) is 6.18 Å². The van der Waals surface area contributed by atoms with Crippen molar-refractivity contribution in [3.05, 3.63) is 52.8 Å². The molecule has 0 radical (unpaired) electrons. The van der Waals surface area contributed by atoms with E-state index in [4.69, 9.17) is 5.11 Å². The number of aromatic nitrogens is 1. The number of benzene rings is 1. The molecule has 0 aliphatic heterocycles. The Kier molecular flexibility index (Phi) is 3.33. The lowest BCUT2D eigenvalue weighted by atomic mass is 10.2. The number of rotatable bonds is 2. The van der Waals surface area contributed by atoms with Crippen LogP contribution in [0.5, 0.6) is 0 Å². The number of hydrogen-bond acceptors (Lipinski definition) is 1. The van der Waals surface area contributed by atoms with E-state index in [1.165, 1.54) is 18.2 Å². The van der Waals surface area contributed by atoms with Gasteiger partial charge in [0.15, 0.2) is 0 Å². The Morgan fingerprint density at radius 3 is 2.10 bits per heavy atom. The van der Waals surface area contributed by atoms with Crippen molar-refractivity contribution in [3.8, 4) is 5.69 Å². The van der Waals surface area contributed by atoms with Gasteiger partial charge in [-0.3, -0.25) is 0 Å². The predicted octanol–water partition coefficient (Wildman–Crippen LogP) is 3.81. The fraction of sp³-hybridized carbons (Fsp3) is 0.214. The summed E-state index contributed by atoms with van der Waals surface area (Å²) in [5.41, 5.74) is 1.04. The van der Waals surface area contributed by atoms with E-state index in [2.05, 4.69) is 0 Å². The van der Waals surface area contributed by atoms with Crippen LogP contribution in [0.25, 0.3) is 5.69 Å². The Labute approximate surface area is 113 Å². The van der Waals surface area contributed by atoms with Gasteiger partial charge in [0.05, 0.1) is 11.1 Å². The summed E-state index contributed by atoms with van der Waals surface area (Å²) in [6.45, 7) is 3.32. The average molecular weight is 283 g/mol. The Morgan fingerprint density at radius 1 is 1.15 bits per heavy atom. The van der Waals surface area contributed by atoms with Gasteiger partial charge in [-0.15, -0.1) is 0 Å². The molecule has 0 spiro atoms. The first-order valence-corrected chi connectivity index (χ1v) is 5.81. The van der Waals surface area contributed by atoms with Gasteiger partial charge < -0.3 is 9.67 Å². The van der Waals surface area contributed by atoms with Gasteiger partial charge in [-0.25, -0.2) is 4.79 Å². The van der Waals surface area contributed by atoms with Crippen LogP contribution in [0, 0.1) is 13.8 Å². The Hall–Kier alpha value is -2.24. The number of halogens is 3. The summed E-state index contributed by atoms with van der Waals surface area (Å²) >= 11 is 0. The van der Waals surface area contributed by atoms with E-state index in [9.17, 15) is 18.0 Å². The molecule has 0 amide bonds. The molecule has 0 fully saturated rings. The van der Waals surface area contributed by atoms with Gasteiger partial charge in [-0.1, -0.05) is 0 Å². The van der Waals surface area contributed by atoms with Crippen molar-refractivity contribution in [2.24, 2.45) is 0 Å². The van der Waals surface area contributed by atoms with Crippen LogP contribution in [0.2, 0.25) is 0 Å². The molecule has 3 nitrogen and oxygen atoms in total. The quantitative estimate of drug-likeness (QED) is 0.910. The van der Waals surface area contributed by atoms with Crippen LogP contribution < -0.4 is 0 Å². The Bertz CT molecular complexity index is 654. The van der Waals surface area contributed by atoms with E-state index in [0.717, 1.165) is 12.1 Å². The van der Waals surface area contributed by atoms with Crippen molar-refractivity contribution in [3.63, 3.8) is 0 Å². The van der Waals surface area contributed by atoms with Crippen molar-refractivity contribution in [2.45, 2.75) is 20.0 Å². The molecular weight excluding hydrogens is 271 g/mol. The lowest BCUT2D eigenvalue weighted by molar-refractivity contribution is -0.137. The zero-order chi connectivity index (χ0) is 15.1. The number of nitrogens with zero attached hydrogens (tertiary/aromatic N) is 1. The Balaban J connectivity index is 2.50. The minimum atomic E-state index is -4.38. The molecule has 1 heterocycles. The average Bonchev–Trinajstić information content (AvgIpc) is 2.64. The maximum Gasteiger partial charge on any atom is 0.416 e. The summed E-state index contributed by atoms with van der Waals surface area (Å²) < 4.78 is 39.1. The molecule has 2 aromatic rings. The maximum absolute atomic E-state index is 12.5. The molecule has 0 atom stereocenters. The lowest BCUT2D eigenvalue weighted by Gasteiger charge is -2.11. The molecule has 1 aromatic heterocycles. The van der Waals surface area contributed by atoms with Crippen LogP contribution in [0.3, 0.4) is 0 Å². The zero-order valence-corrected chi connectivity index (χ0v) is 10.8. The fourth-order valence-corrected chi connectivity index (χ4v) is 2.18. The van der Waals surface area contributed by atoms with Crippen LogP contribution in [0.15, 0.2) is 30.3 Å². The molecular formula is C14H12F3NO2. The molecule has 20 heavy (non-hydrogen) atoms. The van der Waals surface area contributed by atoms with Gasteiger partial charge in [0, 0.05) is 17.1 Å². The number of aryl methyl sites for hydroxylation is 1. The van der Waals surface area contributed by atoms with E-state index in [1.54, 1.807) is 18.4 Å². The third-order valence-electron chi connectivity index (χ3n) is 3.11. The van der Waals surface area contributed by atoms with Crippen LogP contribution >= 0.6 is 0 Å². The number of aromatic carboxylic acids is 1. The largest absolute Gasteiger partial charge is 0.478 e. The highest BCUT2D eigenvalue weighted by atomic mass is 19.4. The first kappa shape index (κ1) is 14.2. The van der Waals surface area contributed by atoms with Gasteiger partial charge in [0.25, 0.3) is 0 Å². The molecule has 0 saturated carbocycles. The lowest BCUT2D eigenvalue weighted by Crippen LogP contribution is -2.06. The normalized spacial score (nSPS) is 11.7. The second-order valence-corrected chi connectivity index (χ2v) is 4.47. The number of carbonyl (C=O) groups is 1. The van der Waals surface area contributed by atoms with Crippen molar-refractivity contribution >= 4 is 5.97 Å². The molecule has 2 rings (SSSR count). The van der Waals surface area contributed by atoms with E-state index >= 15 is 0 Å². The second kappa shape index (κ2) is 4.70. The maximum atomic E-state index is 12.5. The number of carboxylic acid groups (broad SMARTS) is 1. The molecule has 6 heteroatoms. The molecule has 1 aromatic carbocycles. The summed E-state index contributed by atoms with van der Waals surface area (Å²) in [4.78, 5) is 11.0. The minimum absolute atomic E-state index is 0.141. The summed E-state index contributed by atoms with van der Waals surface area (Å²) in [6, 6.07) is 6.11. The molecule has 0 aliphatic rings. The second-order valence-electron chi connectivity index (χ2n) is 4.47. The van der Waals surface area contributed by atoms with E-state index in [1.807, 2.05) is 0 Å². The zero-order valence-electron chi connectivity index (χ0n) is 10.8. The third-order valence-corrected chi connectivity index (χ3v) is 3.11.